The molecule has 0 fully saturated rings. The Balaban J connectivity index is 1.64. The molecule has 0 aliphatic carbocycles. The number of para-hydroxylation sites is 1. The Bertz CT molecular complexity index is 1600. The highest BCUT2D eigenvalue weighted by Gasteiger charge is 2.23. The summed E-state index contributed by atoms with van der Waals surface area (Å²) in [7, 11) is 3.13. The molecule has 0 aliphatic rings. The van der Waals surface area contributed by atoms with Crippen LogP contribution >= 0.6 is 0 Å². The predicted molar refractivity (Wildman–Crippen MR) is 142 cm³/mol. The molecule has 0 amide bonds. The van der Waals surface area contributed by atoms with Gasteiger partial charge in [-0.05, 0) is 61.5 Å². The summed E-state index contributed by atoms with van der Waals surface area (Å²) in [6.07, 6.45) is 0. The van der Waals surface area contributed by atoms with Crippen molar-refractivity contribution in [2.75, 3.05) is 14.2 Å². The van der Waals surface area contributed by atoms with E-state index in [1.807, 2.05) is 60.0 Å². The summed E-state index contributed by atoms with van der Waals surface area (Å²) in [6.45, 7) is 1.92. The van der Waals surface area contributed by atoms with Crippen molar-refractivity contribution in [1.29, 1.82) is 0 Å². The second kappa shape index (κ2) is 10.0. The van der Waals surface area contributed by atoms with Crippen LogP contribution in [0, 0.1) is 6.92 Å². The van der Waals surface area contributed by atoms with E-state index in [0.29, 0.717) is 33.6 Å². The minimum Gasteiger partial charge on any atom is -0.497 e. The molecule has 0 aliphatic heterocycles. The maximum atomic E-state index is 13.7. The number of ketones is 1. The van der Waals surface area contributed by atoms with Gasteiger partial charge < -0.3 is 18.8 Å². The summed E-state index contributed by atoms with van der Waals surface area (Å²) in [5.74, 6) is 0.846. The fourth-order valence-electron chi connectivity index (χ4n) is 4.52. The number of carbonyl (C=O) groups is 2. The van der Waals surface area contributed by atoms with Crippen LogP contribution in [0.5, 0.6) is 17.2 Å². The molecule has 0 bridgehead atoms. The number of carbonyl (C=O) groups excluding carboxylic acids is 2. The van der Waals surface area contributed by atoms with E-state index in [-0.39, 0.29) is 5.78 Å². The molecule has 1 aromatic heterocycles. The van der Waals surface area contributed by atoms with Gasteiger partial charge in [0.25, 0.3) is 0 Å². The van der Waals surface area contributed by atoms with Gasteiger partial charge >= 0.3 is 5.97 Å². The molecule has 6 nitrogen and oxygen atoms in total. The molecule has 0 saturated heterocycles. The number of benzene rings is 4. The van der Waals surface area contributed by atoms with E-state index >= 15 is 0 Å². The van der Waals surface area contributed by atoms with Crippen molar-refractivity contribution in [2.45, 2.75) is 6.92 Å². The lowest BCUT2D eigenvalue weighted by atomic mass is 10.0. The molecular formula is C31H25NO5. The van der Waals surface area contributed by atoms with Crippen molar-refractivity contribution >= 4 is 22.7 Å². The van der Waals surface area contributed by atoms with Gasteiger partial charge in [-0.1, -0.05) is 42.5 Å². The summed E-state index contributed by atoms with van der Waals surface area (Å²) in [5.41, 5.74) is 3.93. The standard InChI is InChI=1S/C31H25NO5/c1-20-29(30(33)21-9-5-4-6-10-21)26-19-24(37-31(34)25-11-7-8-12-28(25)36-3)17-18-27(26)32(20)22-13-15-23(35-2)16-14-22/h4-19H,1-3H3. The van der Waals surface area contributed by atoms with Crippen LogP contribution < -0.4 is 14.2 Å². The van der Waals surface area contributed by atoms with E-state index in [0.717, 1.165) is 22.6 Å². The fraction of sp³-hybridized carbons (Fsp3) is 0.0968. The van der Waals surface area contributed by atoms with Gasteiger partial charge in [0.05, 0.1) is 25.3 Å². The summed E-state index contributed by atoms with van der Waals surface area (Å²) >= 11 is 0. The molecule has 0 N–H and O–H groups in total. The van der Waals surface area contributed by atoms with Crippen LogP contribution in [-0.4, -0.2) is 30.5 Å². The molecule has 184 valence electrons. The first-order valence-electron chi connectivity index (χ1n) is 11.8. The van der Waals surface area contributed by atoms with Gasteiger partial charge in [0, 0.05) is 22.3 Å². The Labute approximate surface area is 214 Å². The largest absolute Gasteiger partial charge is 0.497 e. The van der Waals surface area contributed by atoms with Crippen molar-refractivity contribution in [2.24, 2.45) is 0 Å². The molecule has 0 radical (unpaired) electrons. The molecule has 6 heteroatoms. The Kier molecular flexibility index (Phi) is 6.47. The average Bonchev–Trinajstić information content (AvgIpc) is 3.23. The van der Waals surface area contributed by atoms with Gasteiger partial charge in [0.15, 0.2) is 5.78 Å². The van der Waals surface area contributed by atoms with Gasteiger partial charge in [0.2, 0.25) is 0 Å². The number of hydrogen-bond acceptors (Lipinski definition) is 5. The minimum atomic E-state index is -0.543. The number of ether oxygens (including phenoxy) is 3. The number of esters is 1. The molecule has 4 aromatic carbocycles. The summed E-state index contributed by atoms with van der Waals surface area (Å²) in [4.78, 5) is 26.6. The third-order valence-electron chi connectivity index (χ3n) is 6.31. The molecule has 5 aromatic rings. The number of methoxy groups -OCH3 is 2. The van der Waals surface area contributed by atoms with Crippen LogP contribution in [0.2, 0.25) is 0 Å². The van der Waals surface area contributed by atoms with E-state index in [9.17, 15) is 9.59 Å². The number of aromatic nitrogens is 1. The second-order valence-electron chi connectivity index (χ2n) is 8.46. The van der Waals surface area contributed by atoms with E-state index in [1.54, 1.807) is 55.6 Å². The van der Waals surface area contributed by atoms with E-state index in [2.05, 4.69) is 0 Å². The van der Waals surface area contributed by atoms with Gasteiger partial charge in [-0.2, -0.15) is 0 Å². The highest BCUT2D eigenvalue weighted by Crippen LogP contribution is 2.34. The van der Waals surface area contributed by atoms with Crippen molar-refractivity contribution in [1.82, 2.24) is 4.57 Å². The molecule has 0 atom stereocenters. The third kappa shape index (κ3) is 4.45. The second-order valence-corrected chi connectivity index (χ2v) is 8.46. The van der Waals surface area contributed by atoms with Crippen molar-refractivity contribution in [3.05, 3.63) is 119 Å². The number of hydrogen-bond donors (Lipinski definition) is 0. The van der Waals surface area contributed by atoms with E-state index < -0.39 is 5.97 Å². The zero-order chi connectivity index (χ0) is 25.9. The maximum absolute atomic E-state index is 13.7. The van der Waals surface area contributed by atoms with E-state index in [4.69, 9.17) is 14.2 Å². The molecule has 5 rings (SSSR count). The molecule has 0 saturated carbocycles. The highest BCUT2D eigenvalue weighted by molar-refractivity contribution is 6.18. The summed E-state index contributed by atoms with van der Waals surface area (Å²) in [5, 5.41) is 0.687. The van der Waals surface area contributed by atoms with Crippen molar-refractivity contribution in [3.8, 4) is 22.9 Å². The van der Waals surface area contributed by atoms with Gasteiger partial charge in [-0.15, -0.1) is 0 Å². The molecular weight excluding hydrogens is 466 g/mol. The molecule has 1 heterocycles. The van der Waals surface area contributed by atoms with Gasteiger partial charge in [-0.3, -0.25) is 4.79 Å². The lowest BCUT2D eigenvalue weighted by Crippen LogP contribution is -2.10. The average molecular weight is 492 g/mol. The zero-order valence-electron chi connectivity index (χ0n) is 20.7. The Morgan fingerprint density at radius 3 is 2.11 bits per heavy atom. The molecule has 37 heavy (non-hydrogen) atoms. The summed E-state index contributed by atoms with van der Waals surface area (Å²) in [6, 6.07) is 29.0. The highest BCUT2D eigenvalue weighted by atomic mass is 16.5. The Morgan fingerprint density at radius 1 is 0.730 bits per heavy atom. The SMILES string of the molecule is COc1ccc(-n2c(C)c(C(=O)c3ccccc3)c3cc(OC(=O)c4ccccc4OC)ccc32)cc1. The zero-order valence-corrected chi connectivity index (χ0v) is 20.7. The smallest absolute Gasteiger partial charge is 0.347 e. The maximum Gasteiger partial charge on any atom is 0.347 e. The normalized spacial score (nSPS) is 10.8. The lowest BCUT2D eigenvalue weighted by Gasteiger charge is -2.10. The van der Waals surface area contributed by atoms with E-state index in [1.165, 1.54) is 7.11 Å². The minimum absolute atomic E-state index is 0.108. The van der Waals surface area contributed by atoms with Crippen LogP contribution in [0.15, 0.2) is 97.1 Å². The first-order chi connectivity index (χ1) is 18.0. The molecule has 0 unspecified atom stereocenters. The first-order valence-corrected chi connectivity index (χ1v) is 11.8. The predicted octanol–water partition coefficient (Wildman–Crippen LogP) is 6.41. The quantitative estimate of drug-likeness (QED) is 0.150. The third-order valence-corrected chi connectivity index (χ3v) is 6.31. The van der Waals surface area contributed by atoms with Crippen LogP contribution in [0.25, 0.3) is 16.6 Å². The van der Waals surface area contributed by atoms with Crippen LogP contribution in [-0.2, 0) is 0 Å². The number of nitrogens with zero attached hydrogens (tertiary/aromatic N) is 1. The van der Waals surface area contributed by atoms with Crippen LogP contribution in [0.3, 0.4) is 0 Å². The van der Waals surface area contributed by atoms with Crippen molar-refractivity contribution < 1.29 is 23.8 Å². The van der Waals surface area contributed by atoms with Gasteiger partial charge in [-0.25, -0.2) is 4.79 Å². The fourth-order valence-corrected chi connectivity index (χ4v) is 4.52. The number of fused-ring (bicyclic) bond motifs is 1. The van der Waals surface area contributed by atoms with Crippen LogP contribution in [0.4, 0.5) is 0 Å². The lowest BCUT2D eigenvalue weighted by molar-refractivity contribution is 0.0731. The number of rotatable bonds is 7. The first kappa shape index (κ1) is 23.9. The Morgan fingerprint density at radius 2 is 1.41 bits per heavy atom. The molecule has 0 spiro atoms. The topological polar surface area (TPSA) is 66.8 Å². The van der Waals surface area contributed by atoms with Gasteiger partial charge in [0.1, 0.15) is 22.8 Å². The summed E-state index contributed by atoms with van der Waals surface area (Å²) < 4.78 is 18.4. The van der Waals surface area contributed by atoms with Crippen molar-refractivity contribution in [3.63, 3.8) is 0 Å². The Hall–Kier alpha value is -4.84. The monoisotopic (exact) mass is 491 g/mol. The van der Waals surface area contributed by atoms with Crippen LogP contribution in [0.1, 0.15) is 32.0 Å².